The Morgan fingerprint density at radius 3 is 2.43 bits per heavy atom. The fourth-order valence-electron chi connectivity index (χ4n) is 1.50. The highest BCUT2D eigenvalue weighted by atomic mass is 32.2. The van der Waals surface area contributed by atoms with E-state index in [1.165, 1.54) is 26.0 Å². The van der Waals surface area contributed by atoms with Crippen molar-refractivity contribution in [2.75, 3.05) is 32.9 Å². The molecular formula is C14H17NO5S. The molecule has 1 N–H and O–H groups in total. The molecule has 0 aliphatic carbocycles. The minimum absolute atomic E-state index is 0.0247. The van der Waals surface area contributed by atoms with Crippen LogP contribution in [-0.4, -0.2) is 39.5 Å². The van der Waals surface area contributed by atoms with Crippen molar-refractivity contribution in [2.45, 2.75) is 4.90 Å². The molecule has 0 aliphatic heterocycles. The van der Waals surface area contributed by atoms with Gasteiger partial charge in [0.25, 0.3) is 0 Å². The molecule has 0 saturated heterocycles. The summed E-state index contributed by atoms with van der Waals surface area (Å²) in [5.41, 5.74) is 0.563. The lowest BCUT2D eigenvalue weighted by Crippen LogP contribution is -2.15. The van der Waals surface area contributed by atoms with Crippen LogP contribution in [-0.2, 0) is 19.1 Å². The Bertz CT molecular complexity index is 556. The van der Waals surface area contributed by atoms with Gasteiger partial charge >= 0.3 is 11.9 Å². The number of anilines is 1. The number of nitrogens with one attached hydrogen (secondary N) is 1. The van der Waals surface area contributed by atoms with Crippen molar-refractivity contribution < 1.29 is 23.8 Å². The lowest BCUT2D eigenvalue weighted by molar-refractivity contribution is -0.138. The second-order valence-corrected chi connectivity index (χ2v) is 4.62. The molecule has 114 valence electrons. The normalized spacial score (nSPS) is 10.8. The molecule has 0 heterocycles. The van der Waals surface area contributed by atoms with Crippen LogP contribution in [0.2, 0.25) is 0 Å². The zero-order valence-electron chi connectivity index (χ0n) is 12.3. The van der Waals surface area contributed by atoms with Crippen molar-refractivity contribution in [3.05, 3.63) is 30.0 Å². The summed E-state index contributed by atoms with van der Waals surface area (Å²) in [6.07, 6.45) is 2.96. The number of carbonyl (C=O) groups excluding carboxylic acids is 2. The standard InChI is InChI=1S/C14H17NO5S/c1-18-11-7-9(5-6-12(11)21-4)15-10(14(17)20-3)8-13(16)19-2/h5-8,15H,1-4H3/b10-8+. The highest BCUT2D eigenvalue weighted by Gasteiger charge is 2.13. The van der Waals surface area contributed by atoms with Crippen LogP contribution in [0.1, 0.15) is 0 Å². The van der Waals surface area contributed by atoms with Gasteiger partial charge in [0, 0.05) is 16.6 Å². The topological polar surface area (TPSA) is 73.9 Å². The van der Waals surface area contributed by atoms with E-state index in [9.17, 15) is 9.59 Å². The van der Waals surface area contributed by atoms with E-state index in [2.05, 4.69) is 14.8 Å². The first kappa shape index (κ1) is 16.9. The molecular weight excluding hydrogens is 294 g/mol. The molecule has 0 aliphatic rings. The van der Waals surface area contributed by atoms with Crippen molar-refractivity contribution >= 4 is 29.4 Å². The predicted octanol–water partition coefficient (Wildman–Crippen LogP) is 2.06. The van der Waals surface area contributed by atoms with Crippen molar-refractivity contribution in [3.8, 4) is 5.75 Å². The number of rotatable bonds is 6. The third-order valence-corrected chi connectivity index (χ3v) is 3.31. The fraction of sp³-hybridized carbons (Fsp3) is 0.286. The molecule has 7 heteroatoms. The second-order valence-electron chi connectivity index (χ2n) is 3.77. The lowest BCUT2D eigenvalue weighted by Gasteiger charge is -2.12. The predicted molar refractivity (Wildman–Crippen MR) is 80.5 cm³/mol. The van der Waals surface area contributed by atoms with E-state index in [1.54, 1.807) is 19.2 Å². The molecule has 1 aromatic carbocycles. The molecule has 0 unspecified atom stereocenters. The van der Waals surface area contributed by atoms with Crippen molar-refractivity contribution in [1.29, 1.82) is 0 Å². The number of methoxy groups -OCH3 is 3. The number of thioether (sulfide) groups is 1. The Hall–Kier alpha value is -2.15. The molecule has 0 amide bonds. The maximum absolute atomic E-state index is 11.6. The number of carbonyl (C=O) groups is 2. The second kappa shape index (κ2) is 8.21. The molecule has 21 heavy (non-hydrogen) atoms. The van der Waals surface area contributed by atoms with Crippen molar-refractivity contribution in [3.63, 3.8) is 0 Å². The van der Waals surface area contributed by atoms with E-state index in [-0.39, 0.29) is 5.70 Å². The van der Waals surface area contributed by atoms with E-state index < -0.39 is 11.9 Å². The third kappa shape index (κ3) is 4.71. The van der Waals surface area contributed by atoms with Crippen LogP contribution in [0, 0.1) is 0 Å². The first-order chi connectivity index (χ1) is 10.0. The average Bonchev–Trinajstić information content (AvgIpc) is 2.52. The number of esters is 2. The summed E-state index contributed by atoms with van der Waals surface area (Å²) in [4.78, 5) is 23.9. The molecule has 0 bridgehead atoms. The summed E-state index contributed by atoms with van der Waals surface area (Å²) in [5, 5.41) is 2.82. The summed E-state index contributed by atoms with van der Waals surface area (Å²) in [5.74, 6) is -0.668. The SMILES string of the molecule is COC(=O)/C=C(/Nc1ccc(SC)c(OC)c1)C(=O)OC. The summed E-state index contributed by atoms with van der Waals surface area (Å²) in [6, 6.07) is 5.33. The number of benzene rings is 1. The van der Waals surface area contributed by atoms with E-state index >= 15 is 0 Å². The van der Waals surface area contributed by atoms with E-state index in [1.807, 2.05) is 12.3 Å². The van der Waals surface area contributed by atoms with Crippen LogP contribution in [0.15, 0.2) is 34.9 Å². The number of hydrogen-bond acceptors (Lipinski definition) is 7. The van der Waals surface area contributed by atoms with Crippen LogP contribution >= 0.6 is 11.8 Å². The fourth-order valence-corrected chi connectivity index (χ4v) is 2.05. The summed E-state index contributed by atoms with van der Waals surface area (Å²) < 4.78 is 14.4. The Balaban J connectivity index is 3.06. The number of hydrogen-bond donors (Lipinski definition) is 1. The first-order valence-electron chi connectivity index (χ1n) is 5.92. The summed E-state index contributed by atoms with van der Waals surface area (Å²) in [7, 11) is 4.01. The van der Waals surface area contributed by atoms with Crippen LogP contribution in [0.25, 0.3) is 0 Å². The quantitative estimate of drug-likeness (QED) is 0.489. The van der Waals surface area contributed by atoms with Crippen LogP contribution in [0.4, 0.5) is 5.69 Å². The van der Waals surface area contributed by atoms with Crippen LogP contribution in [0.3, 0.4) is 0 Å². The summed E-state index contributed by atoms with van der Waals surface area (Å²) in [6.45, 7) is 0. The van der Waals surface area contributed by atoms with E-state index in [4.69, 9.17) is 4.74 Å². The first-order valence-corrected chi connectivity index (χ1v) is 7.15. The maximum Gasteiger partial charge on any atom is 0.354 e. The zero-order chi connectivity index (χ0) is 15.8. The maximum atomic E-state index is 11.6. The zero-order valence-corrected chi connectivity index (χ0v) is 13.1. The van der Waals surface area contributed by atoms with Crippen molar-refractivity contribution in [2.24, 2.45) is 0 Å². The smallest absolute Gasteiger partial charge is 0.354 e. The van der Waals surface area contributed by atoms with Gasteiger partial charge in [-0.3, -0.25) is 0 Å². The Morgan fingerprint density at radius 1 is 1.19 bits per heavy atom. The van der Waals surface area contributed by atoms with Crippen molar-refractivity contribution in [1.82, 2.24) is 0 Å². The number of ether oxygens (including phenoxy) is 3. The van der Waals surface area contributed by atoms with Gasteiger partial charge in [0.05, 0.1) is 27.4 Å². The molecule has 6 nitrogen and oxygen atoms in total. The van der Waals surface area contributed by atoms with Gasteiger partial charge < -0.3 is 19.5 Å². The van der Waals surface area contributed by atoms with Gasteiger partial charge in [0.15, 0.2) is 0 Å². The Kier molecular flexibility index (Phi) is 6.61. The molecule has 0 fully saturated rings. The minimum atomic E-state index is -0.673. The van der Waals surface area contributed by atoms with Gasteiger partial charge in [0.2, 0.25) is 0 Å². The van der Waals surface area contributed by atoms with Gasteiger partial charge in [-0.15, -0.1) is 11.8 Å². The van der Waals surface area contributed by atoms with E-state index in [0.29, 0.717) is 11.4 Å². The highest BCUT2D eigenvalue weighted by molar-refractivity contribution is 7.98. The van der Waals surface area contributed by atoms with Crippen LogP contribution in [0.5, 0.6) is 5.75 Å². The van der Waals surface area contributed by atoms with Gasteiger partial charge in [-0.25, -0.2) is 9.59 Å². The monoisotopic (exact) mass is 311 g/mol. The molecule has 1 rings (SSSR count). The molecule has 0 atom stereocenters. The molecule has 0 radical (unpaired) electrons. The van der Waals surface area contributed by atoms with Gasteiger partial charge in [-0.05, 0) is 18.4 Å². The Labute approximate surface area is 127 Å². The van der Waals surface area contributed by atoms with Gasteiger partial charge in [0.1, 0.15) is 11.4 Å². The largest absolute Gasteiger partial charge is 0.496 e. The van der Waals surface area contributed by atoms with Crippen LogP contribution < -0.4 is 10.1 Å². The van der Waals surface area contributed by atoms with E-state index in [0.717, 1.165) is 11.0 Å². The molecule has 0 aromatic heterocycles. The third-order valence-electron chi connectivity index (χ3n) is 2.53. The molecule has 0 spiro atoms. The summed E-state index contributed by atoms with van der Waals surface area (Å²) >= 11 is 1.54. The highest BCUT2D eigenvalue weighted by Crippen LogP contribution is 2.30. The molecule has 1 aromatic rings. The van der Waals surface area contributed by atoms with Gasteiger partial charge in [-0.1, -0.05) is 0 Å². The minimum Gasteiger partial charge on any atom is -0.496 e. The lowest BCUT2D eigenvalue weighted by atomic mass is 10.2. The average molecular weight is 311 g/mol. The Morgan fingerprint density at radius 2 is 1.90 bits per heavy atom. The van der Waals surface area contributed by atoms with Gasteiger partial charge in [-0.2, -0.15) is 0 Å². The molecule has 0 saturated carbocycles.